The Morgan fingerprint density at radius 3 is 3.11 bits per heavy atom. The van der Waals surface area contributed by atoms with Crippen molar-refractivity contribution in [1.29, 1.82) is 0 Å². The van der Waals surface area contributed by atoms with Crippen LogP contribution in [0.1, 0.15) is 0 Å². The molecule has 0 aliphatic carbocycles. The number of hydrogen-bond acceptors (Lipinski definition) is 4. The molecule has 1 unspecified atom stereocenters. The van der Waals surface area contributed by atoms with Gasteiger partial charge in [0.2, 0.25) is 0 Å². The van der Waals surface area contributed by atoms with Crippen LogP contribution >= 0.6 is 11.6 Å². The zero-order valence-corrected chi connectivity index (χ0v) is 10.5. The Bertz CT molecular complexity index is 494. The van der Waals surface area contributed by atoms with Crippen molar-refractivity contribution in [2.24, 2.45) is 0 Å². The summed E-state index contributed by atoms with van der Waals surface area (Å²) >= 11 is 5.90. The molecular weight excluding hydrogens is 254 g/mol. The molecule has 2 amide bonds. The molecule has 3 rings (SSSR count). The lowest BCUT2D eigenvalue weighted by atomic mass is 10.2. The summed E-state index contributed by atoms with van der Waals surface area (Å²) in [4.78, 5) is 19.7. The Morgan fingerprint density at radius 2 is 2.28 bits per heavy atom. The maximum Gasteiger partial charge on any atom is 0.317 e. The van der Waals surface area contributed by atoms with E-state index in [1.807, 2.05) is 4.90 Å². The van der Waals surface area contributed by atoms with Crippen molar-refractivity contribution in [3.05, 3.63) is 17.3 Å². The van der Waals surface area contributed by atoms with Gasteiger partial charge in [-0.05, 0) is 12.1 Å². The second kappa shape index (κ2) is 4.20. The number of nitrogen functional groups attached to an aromatic ring is 1. The summed E-state index contributed by atoms with van der Waals surface area (Å²) in [6, 6.07) is 3.64. The molecule has 2 aliphatic rings. The van der Waals surface area contributed by atoms with Crippen molar-refractivity contribution >= 4 is 29.1 Å². The van der Waals surface area contributed by atoms with E-state index in [4.69, 9.17) is 17.3 Å². The summed E-state index contributed by atoms with van der Waals surface area (Å²) in [7, 11) is 0. The van der Waals surface area contributed by atoms with E-state index in [9.17, 15) is 4.79 Å². The minimum absolute atomic E-state index is 0.0201. The van der Waals surface area contributed by atoms with Gasteiger partial charge in [-0.3, -0.25) is 0 Å². The van der Waals surface area contributed by atoms with Crippen LogP contribution in [0.15, 0.2) is 12.1 Å². The minimum atomic E-state index is 0.0201. The fraction of sp³-hybridized carbons (Fsp3) is 0.455. The lowest BCUT2D eigenvalue weighted by Gasteiger charge is -2.37. The Labute approximate surface area is 110 Å². The monoisotopic (exact) mass is 267 g/mol. The van der Waals surface area contributed by atoms with Crippen LogP contribution in [-0.4, -0.2) is 48.1 Å². The normalized spacial score (nSPS) is 22.9. The Kier molecular flexibility index (Phi) is 2.66. The highest BCUT2D eigenvalue weighted by Gasteiger charge is 2.36. The first-order valence-electron chi connectivity index (χ1n) is 5.86. The number of anilines is 2. The van der Waals surface area contributed by atoms with Gasteiger partial charge in [-0.1, -0.05) is 11.6 Å². The number of carbonyl (C=O) groups excluding carboxylic acids is 1. The van der Waals surface area contributed by atoms with E-state index in [1.165, 1.54) is 0 Å². The fourth-order valence-electron chi connectivity index (χ4n) is 2.49. The van der Waals surface area contributed by atoms with E-state index in [0.29, 0.717) is 29.7 Å². The van der Waals surface area contributed by atoms with Crippen LogP contribution < -0.4 is 16.0 Å². The third-order valence-electron chi connectivity index (χ3n) is 3.40. The molecule has 7 heteroatoms. The molecule has 96 valence electrons. The first-order valence-corrected chi connectivity index (χ1v) is 6.24. The average molecular weight is 268 g/mol. The van der Waals surface area contributed by atoms with E-state index < -0.39 is 0 Å². The highest BCUT2D eigenvalue weighted by atomic mass is 35.5. The lowest BCUT2D eigenvalue weighted by Crippen LogP contribution is -2.52. The topological polar surface area (TPSA) is 74.5 Å². The number of fused-ring (bicyclic) bond motifs is 1. The number of aromatic nitrogens is 1. The predicted octanol–water partition coefficient (Wildman–Crippen LogP) is 0.531. The van der Waals surface area contributed by atoms with Crippen LogP contribution in [0, 0.1) is 0 Å². The molecule has 0 radical (unpaired) electrons. The van der Waals surface area contributed by atoms with Gasteiger partial charge in [0.15, 0.2) is 5.82 Å². The van der Waals surface area contributed by atoms with E-state index in [-0.39, 0.29) is 12.1 Å². The molecule has 2 aliphatic heterocycles. The van der Waals surface area contributed by atoms with Crippen molar-refractivity contribution in [3.8, 4) is 0 Å². The van der Waals surface area contributed by atoms with E-state index >= 15 is 0 Å². The van der Waals surface area contributed by atoms with Gasteiger partial charge in [-0.25, -0.2) is 9.78 Å². The van der Waals surface area contributed by atoms with Gasteiger partial charge < -0.3 is 20.9 Å². The summed E-state index contributed by atoms with van der Waals surface area (Å²) in [5.74, 6) is 0.710. The number of pyridine rings is 1. The molecule has 2 saturated heterocycles. The number of hydrogen-bond donors (Lipinski definition) is 2. The summed E-state index contributed by atoms with van der Waals surface area (Å²) < 4.78 is 0. The highest BCUT2D eigenvalue weighted by molar-refractivity contribution is 6.29. The smallest absolute Gasteiger partial charge is 0.317 e. The maximum atomic E-state index is 11.5. The number of halogens is 1. The second-order valence-corrected chi connectivity index (χ2v) is 4.91. The molecular formula is C11H14ClN5O. The molecule has 1 aromatic rings. The van der Waals surface area contributed by atoms with Gasteiger partial charge in [0.1, 0.15) is 5.15 Å². The van der Waals surface area contributed by atoms with Crippen LogP contribution in [0.3, 0.4) is 0 Å². The van der Waals surface area contributed by atoms with Gasteiger partial charge in [0.25, 0.3) is 0 Å². The Morgan fingerprint density at radius 1 is 1.44 bits per heavy atom. The minimum Gasteiger partial charge on any atom is -0.396 e. The Hall–Kier alpha value is -1.69. The van der Waals surface area contributed by atoms with Crippen molar-refractivity contribution in [2.45, 2.75) is 6.04 Å². The van der Waals surface area contributed by atoms with Gasteiger partial charge >= 0.3 is 6.03 Å². The van der Waals surface area contributed by atoms with Gasteiger partial charge in [0.05, 0.1) is 11.7 Å². The molecule has 3 heterocycles. The molecule has 6 nitrogen and oxygen atoms in total. The molecule has 0 bridgehead atoms. The number of nitrogens with one attached hydrogen (secondary N) is 1. The highest BCUT2D eigenvalue weighted by Crippen LogP contribution is 2.26. The van der Waals surface area contributed by atoms with E-state index in [0.717, 1.165) is 13.1 Å². The number of carbonyl (C=O) groups is 1. The number of rotatable bonds is 1. The maximum absolute atomic E-state index is 11.5. The SMILES string of the molecule is Nc1ccc(Cl)nc1N1CCN2C(=O)NCC2C1. The molecule has 2 fully saturated rings. The fourth-order valence-corrected chi connectivity index (χ4v) is 2.63. The van der Waals surface area contributed by atoms with Gasteiger partial charge in [-0.15, -0.1) is 0 Å². The molecule has 0 saturated carbocycles. The molecule has 0 spiro atoms. The second-order valence-electron chi connectivity index (χ2n) is 4.53. The van der Waals surface area contributed by atoms with Gasteiger partial charge in [-0.2, -0.15) is 0 Å². The summed E-state index contributed by atoms with van der Waals surface area (Å²) in [6.07, 6.45) is 0. The first-order chi connectivity index (χ1) is 8.65. The Balaban J connectivity index is 1.82. The van der Waals surface area contributed by atoms with Crippen molar-refractivity contribution in [1.82, 2.24) is 15.2 Å². The van der Waals surface area contributed by atoms with E-state index in [2.05, 4.69) is 15.2 Å². The largest absolute Gasteiger partial charge is 0.396 e. The summed E-state index contributed by atoms with van der Waals surface area (Å²) in [6.45, 7) is 2.82. The van der Waals surface area contributed by atoms with Gasteiger partial charge in [0, 0.05) is 26.2 Å². The van der Waals surface area contributed by atoms with Crippen LogP contribution in [0.25, 0.3) is 0 Å². The molecule has 0 aromatic carbocycles. The quantitative estimate of drug-likeness (QED) is 0.728. The van der Waals surface area contributed by atoms with Crippen LogP contribution in [0.4, 0.5) is 16.3 Å². The average Bonchev–Trinajstić information content (AvgIpc) is 2.74. The van der Waals surface area contributed by atoms with Crippen LogP contribution in [-0.2, 0) is 0 Å². The lowest BCUT2D eigenvalue weighted by molar-refractivity contribution is 0.197. The number of nitrogens with zero attached hydrogens (tertiary/aromatic N) is 3. The third-order valence-corrected chi connectivity index (χ3v) is 3.61. The van der Waals surface area contributed by atoms with Crippen molar-refractivity contribution < 1.29 is 4.79 Å². The van der Waals surface area contributed by atoms with Crippen molar-refractivity contribution in [3.63, 3.8) is 0 Å². The van der Waals surface area contributed by atoms with E-state index in [1.54, 1.807) is 12.1 Å². The zero-order chi connectivity index (χ0) is 12.7. The standard InChI is InChI=1S/C11H14ClN5O/c12-9-2-1-8(13)10(15-9)16-3-4-17-7(6-16)5-14-11(17)18/h1-2,7H,3-6,13H2,(H,14,18). The summed E-state index contributed by atoms with van der Waals surface area (Å²) in [5, 5.41) is 3.27. The molecule has 3 N–H and O–H groups in total. The number of urea groups is 1. The van der Waals surface area contributed by atoms with Crippen LogP contribution in [0.2, 0.25) is 5.15 Å². The summed E-state index contributed by atoms with van der Waals surface area (Å²) in [5.41, 5.74) is 6.54. The van der Waals surface area contributed by atoms with Crippen molar-refractivity contribution in [2.75, 3.05) is 36.8 Å². The number of nitrogens with two attached hydrogens (primary N) is 1. The molecule has 1 aromatic heterocycles. The van der Waals surface area contributed by atoms with Crippen LogP contribution in [0.5, 0.6) is 0 Å². The molecule has 18 heavy (non-hydrogen) atoms. The number of amides is 2. The first kappa shape index (κ1) is 11.4. The third kappa shape index (κ3) is 1.82. The molecule has 1 atom stereocenters. The number of piperazine rings is 1. The predicted molar refractivity (Wildman–Crippen MR) is 69.8 cm³/mol. The zero-order valence-electron chi connectivity index (χ0n) is 9.77.